The van der Waals surface area contributed by atoms with Crippen molar-refractivity contribution in [1.29, 1.82) is 0 Å². The van der Waals surface area contributed by atoms with Gasteiger partial charge in [-0.05, 0) is 38.2 Å². The molecule has 2 aliphatic heterocycles. The van der Waals surface area contributed by atoms with Crippen LogP contribution in [0.25, 0.3) is 0 Å². The molecular formula is C17H34IN5OS. The minimum atomic E-state index is 0. The summed E-state index contributed by atoms with van der Waals surface area (Å²) < 4.78 is 0. The quantitative estimate of drug-likeness (QED) is 0.258. The first-order chi connectivity index (χ1) is 11.7. The van der Waals surface area contributed by atoms with E-state index in [-0.39, 0.29) is 24.0 Å². The molecule has 2 rings (SSSR count). The molecule has 1 N–H and O–H groups in total. The zero-order chi connectivity index (χ0) is 17.2. The average molecular weight is 483 g/mol. The molecule has 0 radical (unpaired) electrons. The van der Waals surface area contributed by atoms with Crippen LogP contribution in [-0.4, -0.2) is 97.5 Å². The number of nitrogens with one attached hydrogen (secondary N) is 1. The maximum absolute atomic E-state index is 12.3. The molecule has 0 aromatic carbocycles. The maximum atomic E-state index is 12.3. The number of hydrogen-bond donors (Lipinski definition) is 1. The SMILES string of the molecule is CCNC(=NCCCSC)N1CCN(CC(=O)N2CCCC2)CC1.I. The van der Waals surface area contributed by atoms with E-state index in [9.17, 15) is 4.79 Å². The number of halogens is 1. The van der Waals surface area contributed by atoms with Gasteiger partial charge in [0.05, 0.1) is 6.54 Å². The molecule has 2 heterocycles. The normalized spacial score (nSPS) is 19.0. The van der Waals surface area contributed by atoms with E-state index in [4.69, 9.17) is 4.99 Å². The van der Waals surface area contributed by atoms with E-state index in [1.54, 1.807) is 0 Å². The lowest BCUT2D eigenvalue weighted by Gasteiger charge is -2.36. The first-order valence-electron chi connectivity index (χ1n) is 9.27. The summed E-state index contributed by atoms with van der Waals surface area (Å²) in [6.07, 6.45) is 5.59. The Labute approximate surface area is 174 Å². The Morgan fingerprint density at radius 2 is 1.76 bits per heavy atom. The highest BCUT2D eigenvalue weighted by Crippen LogP contribution is 2.09. The van der Waals surface area contributed by atoms with Gasteiger partial charge in [-0.1, -0.05) is 0 Å². The lowest BCUT2D eigenvalue weighted by Crippen LogP contribution is -2.54. The minimum absolute atomic E-state index is 0. The predicted molar refractivity (Wildman–Crippen MR) is 118 cm³/mol. The maximum Gasteiger partial charge on any atom is 0.236 e. The average Bonchev–Trinajstić information content (AvgIpc) is 3.13. The fourth-order valence-electron chi connectivity index (χ4n) is 3.20. The van der Waals surface area contributed by atoms with Gasteiger partial charge in [-0.15, -0.1) is 24.0 Å². The molecule has 1 amide bonds. The number of aliphatic imine (C=N–C) groups is 1. The van der Waals surface area contributed by atoms with Crippen LogP contribution in [0, 0.1) is 0 Å². The standard InChI is InChI=1S/C17H33N5OS.HI/c1-3-18-17(19-7-6-14-24-2)22-12-10-20(11-13-22)15-16(23)21-8-4-5-9-21;/h3-15H2,1-2H3,(H,18,19);1H. The van der Waals surface area contributed by atoms with Crippen molar-refractivity contribution in [3.05, 3.63) is 0 Å². The molecule has 0 spiro atoms. The molecule has 0 unspecified atom stereocenters. The molecule has 0 saturated carbocycles. The van der Waals surface area contributed by atoms with E-state index in [2.05, 4.69) is 28.3 Å². The van der Waals surface area contributed by atoms with E-state index >= 15 is 0 Å². The Balaban J connectivity index is 0.00000312. The molecule has 0 bridgehead atoms. The van der Waals surface area contributed by atoms with Crippen LogP contribution in [0.4, 0.5) is 0 Å². The summed E-state index contributed by atoms with van der Waals surface area (Å²) in [5.41, 5.74) is 0. The molecule has 2 aliphatic rings. The van der Waals surface area contributed by atoms with Crippen molar-refractivity contribution in [1.82, 2.24) is 20.0 Å². The van der Waals surface area contributed by atoms with Crippen molar-refractivity contribution in [3.8, 4) is 0 Å². The number of carbonyl (C=O) groups is 1. The molecule has 0 aromatic heterocycles. The predicted octanol–water partition coefficient (Wildman–Crippen LogP) is 1.56. The number of thioether (sulfide) groups is 1. The highest BCUT2D eigenvalue weighted by Gasteiger charge is 2.24. The van der Waals surface area contributed by atoms with Gasteiger partial charge in [0.2, 0.25) is 5.91 Å². The van der Waals surface area contributed by atoms with Gasteiger partial charge >= 0.3 is 0 Å². The first kappa shape index (κ1) is 22.8. The van der Waals surface area contributed by atoms with Crippen molar-refractivity contribution < 1.29 is 4.79 Å². The van der Waals surface area contributed by atoms with Gasteiger partial charge in [-0.3, -0.25) is 14.7 Å². The van der Waals surface area contributed by atoms with E-state index in [1.165, 1.54) is 12.8 Å². The second-order valence-corrected chi connectivity index (χ2v) is 7.42. The number of amides is 1. The Hall–Kier alpha value is -0.220. The highest BCUT2D eigenvalue weighted by atomic mass is 127. The molecule has 2 saturated heterocycles. The summed E-state index contributed by atoms with van der Waals surface area (Å²) in [6, 6.07) is 0. The summed E-state index contributed by atoms with van der Waals surface area (Å²) >= 11 is 1.87. The highest BCUT2D eigenvalue weighted by molar-refractivity contribution is 14.0. The van der Waals surface area contributed by atoms with Crippen molar-refractivity contribution in [3.63, 3.8) is 0 Å². The zero-order valence-electron chi connectivity index (χ0n) is 15.7. The Morgan fingerprint density at radius 3 is 2.36 bits per heavy atom. The minimum Gasteiger partial charge on any atom is -0.357 e. The number of guanidine groups is 1. The van der Waals surface area contributed by atoms with Gasteiger partial charge in [0, 0.05) is 52.4 Å². The molecule has 0 aromatic rings. The van der Waals surface area contributed by atoms with Crippen LogP contribution >= 0.6 is 35.7 Å². The van der Waals surface area contributed by atoms with Crippen molar-refractivity contribution >= 4 is 47.6 Å². The largest absolute Gasteiger partial charge is 0.357 e. The van der Waals surface area contributed by atoms with Crippen LogP contribution in [0.3, 0.4) is 0 Å². The first-order valence-corrected chi connectivity index (χ1v) is 10.7. The molecular weight excluding hydrogens is 449 g/mol. The molecule has 0 atom stereocenters. The number of rotatable bonds is 7. The van der Waals surface area contributed by atoms with Crippen molar-refractivity contribution in [2.45, 2.75) is 26.2 Å². The smallest absolute Gasteiger partial charge is 0.236 e. The van der Waals surface area contributed by atoms with E-state index in [0.29, 0.717) is 12.5 Å². The summed E-state index contributed by atoms with van der Waals surface area (Å²) in [7, 11) is 0. The molecule has 25 heavy (non-hydrogen) atoms. The van der Waals surface area contributed by atoms with Gasteiger partial charge in [-0.2, -0.15) is 11.8 Å². The Kier molecular flexibility index (Phi) is 11.9. The molecule has 8 heteroatoms. The second-order valence-electron chi connectivity index (χ2n) is 6.43. The number of nitrogens with zero attached hydrogens (tertiary/aromatic N) is 4. The number of hydrogen-bond acceptors (Lipinski definition) is 4. The summed E-state index contributed by atoms with van der Waals surface area (Å²) in [6.45, 7) is 10.1. The fraction of sp³-hybridized carbons (Fsp3) is 0.882. The van der Waals surface area contributed by atoms with Gasteiger partial charge in [0.25, 0.3) is 0 Å². The second kappa shape index (κ2) is 13.0. The molecule has 146 valence electrons. The Morgan fingerprint density at radius 1 is 1.08 bits per heavy atom. The van der Waals surface area contributed by atoms with Crippen LogP contribution in [0.15, 0.2) is 4.99 Å². The number of likely N-dealkylation sites (tertiary alicyclic amines) is 1. The molecule has 2 fully saturated rings. The van der Waals surface area contributed by atoms with Crippen LogP contribution in [0.2, 0.25) is 0 Å². The Bertz CT molecular complexity index is 410. The van der Waals surface area contributed by atoms with Crippen LogP contribution < -0.4 is 5.32 Å². The summed E-state index contributed by atoms with van der Waals surface area (Å²) in [5.74, 6) is 2.50. The van der Waals surface area contributed by atoms with E-state index < -0.39 is 0 Å². The van der Waals surface area contributed by atoms with Gasteiger partial charge < -0.3 is 15.1 Å². The summed E-state index contributed by atoms with van der Waals surface area (Å²) in [5, 5.41) is 3.41. The molecule has 6 nitrogen and oxygen atoms in total. The van der Waals surface area contributed by atoms with Gasteiger partial charge in [0.15, 0.2) is 5.96 Å². The molecule has 0 aliphatic carbocycles. The van der Waals surface area contributed by atoms with Crippen molar-refractivity contribution in [2.75, 3.05) is 70.9 Å². The third-order valence-corrected chi connectivity index (χ3v) is 5.29. The fourth-order valence-corrected chi connectivity index (χ4v) is 3.61. The monoisotopic (exact) mass is 483 g/mol. The number of carbonyl (C=O) groups excluding carboxylic acids is 1. The van der Waals surface area contributed by atoms with E-state index in [0.717, 1.165) is 70.5 Å². The third-order valence-electron chi connectivity index (χ3n) is 4.59. The lowest BCUT2D eigenvalue weighted by molar-refractivity contribution is -0.131. The topological polar surface area (TPSA) is 51.2 Å². The van der Waals surface area contributed by atoms with Crippen LogP contribution in [-0.2, 0) is 4.79 Å². The van der Waals surface area contributed by atoms with Crippen LogP contribution in [0.5, 0.6) is 0 Å². The lowest BCUT2D eigenvalue weighted by atomic mass is 10.3. The van der Waals surface area contributed by atoms with E-state index in [1.807, 2.05) is 16.7 Å². The zero-order valence-corrected chi connectivity index (χ0v) is 18.9. The van der Waals surface area contributed by atoms with Crippen LogP contribution in [0.1, 0.15) is 26.2 Å². The van der Waals surface area contributed by atoms with Gasteiger partial charge in [0.1, 0.15) is 0 Å². The summed E-state index contributed by atoms with van der Waals surface area (Å²) in [4.78, 5) is 23.7. The third kappa shape index (κ3) is 7.90. The number of piperazine rings is 1. The van der Waals surface area contributed by atoms with Crippen molar-refractivity contribution in [2.24, 2.45) is 4.99 Å². The van der Waals surface area contributed by atoms with Gasteiger partial charge in [-0.25, -0.2) is 0 Å².